The number of benzene rings is 2. The van der Waals surface area contributed by atoms with Crippen LogP contribution >= 0.6 is 11.8 Å². The van der Waals surface area contributed by atoms with Gasteiger partial charge in [-0.3, -0.25) is 0 Å². The standard InChI is InChI=1S/C24H27N3OS/c25-15-9-3-8-14-22-23-21(18-29-22)26(16-19-10-4-1-5-11-19)24(28)27(23)17-20-12-6-2-7-13-20/h1-2,4-7,10-13,21-23H,3,8-9,14,16-18H2/t21-,22-,23-/m0/s1. The third-order valence-corrected chi connectivity index (χ3v) is 7.40. The topological polar surface area (TPSA) is 47.3 Å². The second kappa shape index (κ2) is 9.37. The van der Waals surface area contributed by atoms with Crippen molar-refractivity contribution in [1.82, 2.24) is 9.80 Å². The summed E-state index contributed by atoms with van der Waals surface area (Å²) in [6.45, 7) is 1.34. The predicted molar refractivity (Wildman–Crippen MR) is 117 cm³/mol. The van der Waals surface area contributed by atoms with E-state index in [2.05, 4.69) is 40.1 Å². The molecule has 0 radical (unpaired) electrons. The van der Waals surface area contributed by atoms with Gasteiger partial charge < -0.3 is 9.80 Å². The first-order chi connectivity index (χ1) is 14.3. The molecule has 2 aromatic carbocycles. The van der Waals surface area contributed by atoms with E-state index < -0.39 is 0 Å². The third kappa shape index (κ3) is 4.43. The van der Waals surface area contributed by atoms with E-state index in [9.17, 15) is 4.79 Å². The minimum Gasteiger partial charge on any atom is -0.314 e. The Kier molecular flexibility index (Phi) is 6.41. The monoisotopic (exact) mass is 405 g/mol. The molecule has 2 aliphatic rings. The van der Waals surface area contributed by atoms with Gasteiger partial charge in [-0.2, -0.15) is 17.0 Å². The maximum absolute atomic E-state index is 13.4. The van der Waals surface area contributed by atoms with Gasteiger partial charge in [0.05, 0.1) is 18.2 Å². The number of unbranched alkanes of at least 4 members (excludes halogenated alkanes) is 2. The van der Waals surface area contributed by atoms with Crippen LogP contribution in [0, 0.1) is 11.3 Å². The fourth-order valence-corrected chi connectivity index (χ4v) is 6.19. The highest BCUT2D eigenvalue weighted by Gasteiger charge is 2.52. The highest BCUT2D eigenvalue weighted by molar-refractivity contribution is 8.00. The van der Waals surface area contributed by atoms with Crippen LogP contribution in [0.5, 0.6) is 0 Å². The molecule has 2 amide bonds. The molecule has 2 aliphatic heterocycles. The molecule has 2 aromatic rings. The van der Waals surface area contributed by atoms with Crippen LogP contribution < -0.4 is 0 Å². The molecular weight excluding hydrogens is 378 g/mol. The van der Waals surface area contributed by atoms with E-state index in [0.717, 1.165) is 25.0 Å². The van der Waals surface area contributed by atoms with Gasteiger partial charge in [-0.25, -0.2) is 4.79 Å². The molecule has 0 N–H and O–H groups in total. The van der Waals surface area contributed by atoms with Gasteiger partial charge in [0.2, 0.25) is 0 Å². The summed E-state index contributed by atoms with van der Waals surface area (Å²) in [6.07, 6.45) is 3.70. The number of hydrogen-bond donors (Lipinski definition) is 0. The minimum atomic E-state index is 0.162. The van der Waals surface area contributed by atoms with E-state index in [-0.39, 0.29) is 18.1 Å². The van der Waals surface area contributed by atoms with Crippen LogP contribution in [0.2, 0.25) is 0 Å². The number of thioether (sulfide) groups is 1. The van der Waals surface area contributed by atoms with Crippen LogP contribution in [0.4, 0.5) is 4.79 Å². The van der Waals surface area contributed by atoms with Gasteiger partial charge in [-0.05, 0) is 24.0 Å². The molecule has 0 bridgehead atoms. The summed E-state index contributed by atoms with van der Waals surface area (Å²) >= 11 is 2.00. The average Bonchev–Trinajstić information content (AvgIpc) is 3.27. The highest BCUT2D eigenvalue weighted by atomic mass is 32.2. The van der Waals surface area contributed by atoms with Crippen molar-refractivity contribution < 1.29 is 4.79 Å². The van der Waals surface area contributed by atoms with E-state index in [4.69, 9.17) is 5.26 Å². The first kappa shape index (κ1) is 19.8. The van der Waals surface area contributed by atoms with Crippen LogP contribution in [-0.4, -0.2) is 38.9 Å². The van der Waals surface area contributed by atoms with Gasteiger partial charge in [-0.1, -0.05) is 67.1 Å². The van der Waals surface area contributed by atoms with Crippen molar-refractivity contribution in [1.29, 1.82) is 5.26 Å². The van der Waals surface area contributed by atoms with Gasteiger partial charge in [0.1, 0.15) is 0 Å². The number of carbonyl (C=O) groups excluding carboxylic acids is 1. The van der Waals surface area contributed by atoms with Gasteiger partial charge in [-0.15, -0.1) is 0 Å². The van der Waals surface area contributed by atoms with E-state index in [0.29, 0.717) is 24.8 Å². The number of carbonyl (C=O) groups is 1. The molecule has 2 saturated heterocycles. The summed E-state index contributed by atoms with van der Waals surface area (Å²) in [6, 6.07) is 23.5. The lowest BCUT2D eigenvalue weighted by atomic mass is 10.0. The summed E-state index contributed by atoms with van der Waals surface area (Å²) in [7, 11) is 0. The quantitative estimate of drug-likeness (QED) is 0.455. The zero-order valence-electron chi connectivity index (χ0n) is 16.6. The molecule has 2 heterocycles. The minimum absolute atomic E-state index is 0.162. The Morgan fingerprint density at radius 2 is 1.55 bits per heavy atom. The lowest BCUT2D eigenvalue weighted by Crippen LogP contribution is -2.40. The Morgan fingerprint density at radius 1 is 0.931 bits per heavy atom. The smallest absolute Gasteiger partial charge is 0.314 e. The molecule has 3 atom stereocenters. The van der Waals surface area contributed by atoms with Crippen LogP contribution in [0.15, 0.2) is 60.7 Å². The Hall–Kier alpha value is -2.45. The number of fused-ring (bicyclic) bond motifs is 1. The first-order valence-corrected chi connectivity index (χ1v) is 11.5. The van der Waals surface area contributed by atoms with Gasteiger partial charge in [0.15, 0.2) is 0 Å². The molecule has 0 saturated carbocycles. The Balaban J connectivity index is 1.54. The fourth-order valence-electron chi connectivity index (χ4n) is 4.51. The molecule has 0 aromatic heterocycles. The Labute approximate surface area is 177 Å². The predicted octanol–water partition coefficient (Wildman–Crippen LogP) is 5.06. The van der Waals surface area contributed by atoms with E-state index >= 15 is 0 Å². The van der Waals surface area contributed by atoms with Crippen molar-refractivity contribution in [3.63, 3.8) is 0 Å². The largest absolute Gasteiger partial charge is 0.321 e. The van der Waals surface area contributed by atoms with Crippen LogP contribution in [0.25, 0.3) is 0 Å². The molecule has 0 unspecified atom stereocenters. The lowest BCUT2D eigenvalue weighted by molar-refractivity contribution is 0.180. The second-order valence-corrected chi connectivity index (χ2v) is 9.12. The van der Waals surface area contributed by atoms with Gasteiger partial charge in [0.25, 0.3) is 0 Å². The maximum Gasteiger partial charge on any atom is 0.321 e. The SMILES string of the molecule is N#CCCCC[C@@H]1SC[C@H]2[C@@H]1N(Cc1ccccc1)C(=O)N2Cc1ccccc1. The number of nitriles is 1. The van der Waals surface area contributed by atoms with E-state index in [1.807, 2.05) is 48.2 Å². The maximum atomic E-state index is 13.4. The molecular formula is C24H27N3OS. The zero-order valence-corrected chi connectivity index (χ0v) is 17.4. The van der Waals surface area contributed by atoms with Gasteiger partial charge >= 0.3 is 6.03 Å². The molecule has 5 heteroatoms. The Morgan fingerprint density at radius 3 is 2.17 bits per heavy atom. The lowest BCUT2D eigenvalue weighted by Gasteiger charge is -2.27. The molecule has 2 fully saturated rings. The summed E-state index contributed by atoms with van der Waals surface area (Å²) in [4.78, 5) is 17.6. The van der Waals surface area contributed by atoms with E-state index in [1.54, 1.807) is 0 Å². The molecule has 4 rings (SSSR count). The summed E-state index contributed by atoms with van der Waals surface area (Å²) in [5, 5.41) is 9.26. The first-order valence-electron chi connectivity index (χ1n) is 10.4. The number of amides is 2. The number of nitrogens with zero attached hydrogens (tertiary/aromatic N) is 3. The third-order valence-electron chi connectivity index (χ3n) is 5.93. The molecule has 0 spiro atoms. The number of rotatable bonds is 8. The number of urea groups is 1. The van der Waals surface area contributed by atoms with Crippen molar-refractivity contribution in [3.05, 3.63) is 71.8 Å². The number of hydrogen-bond acceptors (Lipinski definition) is 3. The van der Waals surface area contributed by atoms with Crippen molar-refractivity contribution in [2.45, 2.75) is 56.1 Å². The summed E-state index contributed by atoms with van der Waals surface area (Å²) in [5.41, 5.74) is 2.37. The zero-order chi connectivity index (χ0) is 20.1. The van der Waals surface area contributed by atoms with Crippen molar-refractivity contribution in [2.75, 3.05) is 5.75 Å². The normalized spacial score (nSPS) is 23.3. The van der Waals surface area contributed by atoms with Crippen molar-refractivity contribution >= 4 is 17.8 Å². The second-order valence-electron chi connectivity index (χ2n) is 7.84. The molecule has 29 heavy (non-hydrogen) atoms. The van der Waals surface area contributed by atoms with Crippen LogP contribution in [-0.2, 0) is 13.1 Å². The summed E-state index contributed by atoms with van der Waals surface area (Å²) < 4.78 is 0. The fraction of sp³-hybridized carbons (Fsp3) is 0.417. The Bertz CT molecular complexity index is 851. The molecule has 150 valence electrons. The van der Waals surface area contributed by atoms with Gasteiger partial charge in [0, 0.05) is 30.5 Å². The van der Waals surface area contributed by atoms with Crippen LogP contribution in [0.3, 0.4) is 0 Å². The summed E-state index contributed by atoms with van der Waals surface area (Å²) in [5.74, 6) is 0.997. The average molecular weight is 406 g/mol. The van der Waals surface area contributed by atoms with Crippen molar-refractivity contribution in [2.24, 2.45) is 0 Å². The van der Waals surface area contributed by atoms with E-state index in [1.165, 1.54) is 11.1 Å². The highest BCUT2D eigenvalue weighted by Crippen LogP contribution is 2.42. The molecule has 0 aliphatic carbocycles. The van der Waals surface area contributed by atoms with Crippen LogP contribution in [0.1, 0.15) is 36.8 Å². The molecule has 4 nitrogen and oxygen atoms in total. The van der Waals surface area contributed by atoms with Crippen molar-refractivity contribution in [3.8, 4) is 6.07 Å².